The molecule has 202 valence electrons. The second kappa shape index (κ2) is 9.89. The first-order chi connectivity index (χ1) is 19.3. The van der Waals surface area contributed by atoms with E-state index in [0.29, 0.717) is 41.5 Å². The van der Waals surface area contributed by atoms with Crippen LogP contribution in [-0.4, -0.2) is 68.8 Å². The van der Waals surface area contributed by atoms with Crippen molar-refractivity contribution in [2.75, 3.05) is 13.1 Å². The van der Waals surface area contributed by atoms with Crippen molar-refractivity contribution < 1.29 is 19.8 Å². The lowest BCUT2D eigenvalue weighted by Crippen LogP contribution is -2.29. The summed E-state index contributed by atoms with van der Waals surface area (Å²) in [4.78, 5) is 51.9. The van der Waals surface area contributed by atoms with Crippen LogP contribution >= 0.6 is 0 Å². The SMILES string of the molecule is Cn1c(C(=O)O)cnc1CN1CC[C@H](n2c(=O)n(-c3ccc(-c4ccc(C(=O)O)cc4)nc3)c3cccnc32)C1. The number of carboxylic acids is 2. The second-order valence-electron chi connectivity index (χ2n) is 9.72. The highest BCUT2D eigenvalue weighted by Crippen LogP contribution is 2.27. The zero-order valence-corrected chi connectivity index (χ0v) is 21.5. The van der Waals surface area contributed by atoms with Crippen LogP contribution in [0.1, 0.15) is 39.1 Å². The Balaban J connectivity index is 1.29. The molecular formula is C28H25N7O5. The Kier molecular flexibility index (Phi) is 6.23. The molecule has 0 radical (unpaired) electrons. The molecule has 0 saturated carbocycles. The molecule has 1 aromatic carbocycles. The minimum absolute atomic E-state index is 0.120. The smallest absolute Gasteiger partial charge is 0.354 e. The van der Waals surface area contributed by atoms with Crippen molar-refractivity contribution in [3.05, 3.63) is 94.7 Å². The van der Waals surface area contributed by atoms with Crippen LogP contribution in [0, 0.1) is 0 Å². The van der Waals surface area contributed by atoms with Gasteiger partial charge in [-0.2, -0.15) is 0 Å². The summed E-state index contributed by atoms with van der Waals surface area (Å²) >= 11 is 0. The van der Waals surface area contributed by atoms with Crippen molar-refractivity contribution in [2.45, 2.75) is 19.0 Å². The van der Waals surface area contributed by atoms with Gasteiger partial charge in [-0.1, -0.05) is 12.1 Å². The topological polar surface area (TPSA) is 148 Å². The van der Waals surface area contributed by atoms with Gasteiger partial charge >= 0.3 is 17.6 Å². The number of aromatic carboxylic acids is 2. The third kappa shape index (κ3) is 4.33. The third-order valence-corrected chi connectivity index (χ3v) is 7.35. The van der Waals surface area contributed by atoms with Gasteiger partial charge < -0.3 is 14.8 Å². The van der Waals surface area contributed by atoms with Gasteiger partial charge in [-0.15, -0.1) is 0 Å². The number of rotatable bonds is 7. The summed E-state index contributed by atoms with van der Waals surface area (Å²) in [6.07, 6.45) is 5.38. The number of hydrogen-bond acceptors (Lipinski definition) is 7. The van der Waals surface area contributed by atoms with Crippen LogP contribution in [0.25, 0.3) is 28.1 Å². The number of nitrogens with zero attached hydrogens (tertiary/aromatic N) is 7. The number of hydrogen-bond donors (Lipinski definition) is 2. The minimum Gasteiger partial charge on any atom is -0.478 e. The lowest BCUT2D eigenvalue weighted by Gasteiger charge is -2.16. The number of fused-ring (bicyclic) bond motifs is 1. The predicted molar refractivity (Wildman–Crippen MR) is 145 cm³/mol. The van der Waals surface area contributed by atoms with Crippen molar-refractivity contribution in [2.24, 2.45) is 7.05 Å². The van der Waals surface area contributed by atoms with Gasteiger partial charge in [-0.25, -0.2) is 24.4 Å². The Morgan fingerprint density at radius 1 is 0.975 bits per heavy atom. The molecule has 1 atom stereocenters. The van der Waals surface area contributed by atoms with E-state index in [1.807, 2.05) is 12.1 Å². The van der Waals surface area contributed by atoms with Gasteiger partial charge in [0.1, 0.15) is 11.5 Å². The maximum absolute atomic E-state index is 13.8. The van der Waals surface area contributed by atoms with Gasteiger partial charge in [0.05, 0.1) is 47.4 Å². The van der Waals surface area contributed by atoms with E-state index in [-0.39, 0.29) is 23.0 Å². The Hall–Kier alpha value is -5.10. The van der Waals surface area contributed by atoms with Crippen LogP contribution in [0.15, 0.2) is 71.9 Å². The molecule has 0 amide bonds. The molecule has 1 aliphatic heterocycles. The fraction of sp³-hybridized carbons (Fsp3) is 0.214. The standard InChI is InChI=1S/C28H25N7O5/c1-32-23(27(38)39)14-31-24(32)16-33-12-10-20(15-33)35-25-22(3-2-11-29-25)34(28(35)40)19-8-9-21(30-13-19)17-4-6-18(7-5-17)26(36)37/h2-9,11,13-14,20H,10,12,15-16H2,1H3,(H,36,37)(H,38,39)/t20-/m0/s1. The lowest BCUT2D eigenvalue weighted by atomic mass is 10.1. The minimum atomic E-state index is -1.02. The van der Waals surface area contributed by atoms with Crippen molar-refractivity contribution in [1.82, 2.24) is 33.6 Å². The lowest BCUT2D eigenvalue weighted by molar-refractivity contribution is 0.0679. The van der Waals surface area contributed by atoms with E-state index in [0.717, 1.165) is 18.5 Å². The largest absolute Gasteiger partial charge is 0.478 e. The number of benzene rings is 1. The zero-order valence-electron chi connectivity index (χ0n) is 21.5. The normalized spacial score (nSPS) is 15.6. The number of pyridine rings is 2. The van der Waals surface area contributed by atoms with Gasteiger partial charge in [0.15, 0.2) is 5.65 Å². The fourth-order valence-electron chi connectivity index (χ4n) is 5.26. The highest BCUT2D eigenvalue weighted by molar-refractivity contribution is 5.88. The Labute approximate surface area is 227 Å². The maximum atomic E-state index is 13.8. The summed E-state index contributed by atoms with van der Waals surface area (Å²) in [6.45, 7) is 1.79. The Morgan fingerprint density at radius 3 is 2.45 bits per heavy atom. The molecular weight excluding hydrogens is 514 g/mol. The summed E-state index contributed by atoms with van der Waals surface area (Å²) < 4.78 is 4.91. The molecule has 40 heavy (non-hydrogen) atoms. The molecule has 1 aliphatic rings. The van der Waals surface area contributed by atoms with Crippen LogP contribution in [-0.2, 0) is 13.6 Å². The van der Waals surface area contributed by atoms with Crippen LogP contribution < -0.4 is 5.69 Å². The molecule has 0 aliphatic carbocycles. The number of aromatic nitrogens is 6. The van der Waals surface area contributed by atoms with E-state index in [4.69, 9.17) is 5.11 Å². The second-order valence-corrected chi connectivity index (χ2v) is 9.72. The average molecular weight is 540 g/mol. The number of carboxylic acid groups (broad SMARTS) is 2. The van der Waals surface area contributed by atoms with Gasteiger partial charge in [0, 0.05) is 31.9 Å². The van der Waals surface area contributed by atoms with Crippen molar-refractivity contribution in [1.29, 1.82) is 0 Å². The van der Waals surface area contributed by atoms with Crippen molar-refractivity contribution in [3.63, 3.8) is 0 Å². The molecule has 0 bridgehead atoms. The first-order valence-electron chi connectivity index (χ1n) is 12.7. The molecule has 12 heteroatoms. The Bertz CT molecular complexity index is 1800. The molecule has 6 rings (SSSR count). The highest BCUT2D eigenvalue weighted by Gasteiger charge is 2.30. The van der Waals surface area contributed by atoms with Gasteiger partial charge in [-0.05, 0) is 42.8 Å². The molecule has 4 aromatic heterocycles. The predicted octanol–water partition coefficient (Wildman–Crippen LogP) is 2.83. The summed E-state index contributed by atoms with van der Waals surface area (Å²) in [5, 5.41) is 18.4. The fourth-order valence-corrected chi connectivity index (χ4v) is 5.26. The summed E-state index contributed by atoms with van der Waals surface area (Å²) in [7, 11) is 1.69. The van der Waals surface area contributed by atoms with Gasteiger partial charge in [-0.3, -0.25) is 19.0 Å². The average Bonchev–Trinajstić information content (AvgIpc) is 3.64. The summed E-state index contributed by atoms with van der Waals surface area (Å²) in [6, 6.07) is 13.6. The first kappa shape index (κ1) is 25.2. The highest BCUT2D eigenvalue weighted by atomic mass is 16.4. The van der Waals surface area contributed by atoms with Gasteiger partial charge in [0.2, 0.25) is 0 Å². The van der Waals surface area contributed by atoms with Crippen LogP contribution in [0.5, 0.6) is 0 Å². The van der Waals surface area contributed by atoms with Crippen LogP contribution in [0.3, 0.4) is 0 Å². The van der Waals surface area contributed by atoms with E-state index in [2.05, 4.69) is 19.9 Å². The van der Waals surface area contributed by atoms with E-state index >= 15 is 0 Å². The van der Waals surface area contributed by atoms with E-state index in [1.165, 1.54) is 18.3 Å². The molecule has 0 unspecified atom stereocenters. The maximum Gasteiger partial charge on any atom is 0.354 e. The molecule has 1 fully saturated rings. The molecule has 12 nitrogen and oxygen atoms in total. The molecule has 5 heterocycles. The summed E-state index contributed by atoms with van der Waals surface area (Å²) in [5.74, 6) is -1.37. The third-order valence-electron chi connectivity index (χ3n) is 7.35. The first-order valence-corrected chi connectivity index (χ1v) is 12.7. The van der Waals surface area contributed by atoms with Crippen molar-refractivity contribution >= 4 is 23.1 Å². The number of likely N-dealkylation sites (tertiary alicyclic amines) is 1. The zero-order chi connectivity index (χ0) is 28.0. The van der Waals surface area contributed by atoms with E-state index in [1.54, 1.807) is 57.4 Å². The van der Waals surface area contributed by atoms with Crippen LogP contribution in [0.4, 0.5) is 0 Å². The van der Waals surface area contributed by atoms with E-state index < -0.39 is 11.9 Å². The molecule has 2 N–H and O–H groups in total. The van der Waals surface area contributed by atoms with E-state index in [9.17, 15) is 19.5 Å². The Morgan fingerprint density at radius 2 is 1.77 bits per heavy atom. The van der Waals surface area contributed by atoms with Crippen LogP contribution in [0.2, 0.25) is 0 Å². The number of imidazole rings is 2. The summed E-state index contributed by atoms with van der Waals surface area (Å²) in [5.41, 5.74) is 3.38. The molecule has 1 saturated heterocycles. The molecule has 0 spiro atoms. The monoisotopic (exact) mass is 539 g/mol. The van der Waals surface area contributed by atoms with Gasteiger partial charge in [0.25, 0.3) is 0 Å². The van der Waals surface area contributed by atoms with Crippen molar-refractivity contribution in [3.8, 4) is 16.9 Å². The molecule has 5 aromatic rings. The number of carbonyl (C=O) groups is 2. The quantitative estimate of drug-likeness (QED) is 0.318.